The van der Waals surface area contributed by atoms with E-state index in [-0.39, 0.29) is 0 Å². The van der Waals surface area contributed by atoms with Crippen LogP contribution in [0.1, 0.15) is 18.1 Å². The van der Waals surface area contributed by atoms with Gasteiger partial charge in [-0.2, -0.15) is 5.10 Å². The summed E-state index contributed by atoms with van der Waals surface area (Å²) < 4.78 is 5.67. The average Bonchev–Trinajstić information content (AvgIpc) is 2.51. The number of hydrazone groups is 1. The maximum absolute atomic E-state index is 5.67. The summed E-state index contributed by atoms with van der Waals surface area (Å²) in [5, 5.41) is 4.26. The van der Waals surface area contributed by atoms with E-state index in [0.29, 0.717) is 6.61 Å². The van der Waals surface area contributed by atoms with Crippen molar-refractivity contribution in [1.29, 1.82) is 0 Å². The van der Waals surface area contributed by atoms with Crippen LogP contribution >= 0.6 is 0 Å². The second-order valence-electron chi connectivity index (χ2n) is 4.66. The molecule has 2 rings (SSSR count). The molecule has 0 saturated heterocycles. The number of allylic oxidation sites excluding steroid dienone is 1. The maximum atomic E-state index is 5.67. The number of hydrogen-bond acceptors (Lipinski definition) is 3. The number of para-hydroxylation sites is 2. The minimum absolute atomic E-state index is 0.552. The first-order valence-corrected chi connectivity index (χ1v) is 6.98. The molecule has 0 unspecified atom stereocenters. The molecule has 0 aromatic heterocycles. The number of anilines is 1. The zero-order valence-corrected chi connectivity index (χ0v) is 12.4. The summed E-state index contributed by atoms with van der Waals surface area (Å²) in [5.74, 6) is 0.789. The maximum Gasteiger partial charge on any atom is 0.144 e. The van der Waals surface area contributed by atoms with Crippen LogP contribution in [0.3, 0.4) is 0 Å². The van der Waals surface area contributed by atoms with Crippen LogP contribution in [-0.4, -0.2) is 12.8 Å². The van der Waals surface area contributed by atoms with Gasteiger partial charge in [-0.3, -0.25) is 5.43 Å². The van der Waals surface area contributed by atoms with Crippen molar-refractivity contribution >= 4 is 11.9 Å². The second-order valence-corrected chi connectivity index (χ2v) is 4.66. The molecular formula is C18H20N2O. The van der Waals surface area contributed by atoms with Crippen molar-refractivity contribution in [2.45, 2.75) is 13.8 Å². The van der Waals surface area contributed by atoms with Gasteiger partial charge in [-0.1, -0.05) is 54.1 Å². The van der Waals surface area contributed by atoms with Gasteiger partial charge >= 0.3 is 0 Å². The smallest absolute Gasteiger partial charge is 0.144 e. The third kappa shape index (κ3) is 4.80. The van der Waals surface area contributed by atoms with Gasteiger partial charge in [0, 0.05) is 0 Å². The van der Waals surface area contributed by atoms with E-state index < -0.39 is 0 Å². The number of rotatable bonds is 6. The summed E-state index contributed by atoms with van der Waals surface area (Å²) in [5.41, 5.74) is 6.17. The van der Waals surface area contributed by atoms with Crippen LogP contribution in [-0.2, 0) is 0 Å². The van der Waals surface area contributed by atoms with Crippen LogP contribution in [0, 0.1) is 6.92 Å². The highest BCUT2D eigenvalue weighted by Crippen LogP contribution is 2.23. The van der Waals surface area contributed by atoms with Crippen molar-refractivity contribution in [1.82, 2.24) is 0 Å². The largest absolute Gasteiger partial charge is 0.487 e. The Balaban J connectivity index is 2.00. The molecule has 108 valence electrons. The quantitative estimate of drug-likeness (QED) is 0.483. The van der Waals surface area contributed by atoms with Gasteiger partial charge in [-0.25, -0.2) is 0 Å². The van der Waals surface area contributed by atoms with E-state index in [9.17, 15) is 0 Å². The zero-order valence-electron chi connectivity index (χ0n) is 12.4. The molecular weight excluding hydrogens is 260 g/mol. The fraction of sp³-hybridized carbons (Fsp3) is 0.167. The fourth-order valence-electron chi connectivity index (χ4n) is 1.75. The first kappa shape index (κ1) is 14.9. The summed E-state index contributed by atoms with van der Waals surface area (Å²) in [4.78, 5) is 0. The van der Waals surface area contributed by atoms with Gasteiger partial charge in [0.15, 0.2) is 0 Å². The molecule has 2 aromatic rings. The topological polar surface area (TPSA) is 33.6 Å². The molecule has 0 aliphatic heterocycles. The molecule has 3 heteroatoms. The second kappa shape index (κ2) is 7.90. The van der Waals surface area contributed by atoms with E-state index in [4.69, 9.17) is 4.74 Å². The van der Waals surface area contributed by atoms with E-state index in [1.54, 1.807) is 6.21 Å². The number of hydrogen-bond donors (Lipinski definition) is 1. The zero-order chi connectivity index (χ0) is 14.9. The van der Waals surface area contributed by atoms with E-state index in [1.165, 1.54) is 5.56 Å². The number of aryl methyl sites for hydroxylation is 1. The highest BCUT2D eigenvalue weighted by atomic mass is 16.5. The van der Waals surface area contributed by atoms with Gasteiger partial charge in [-0.05, 0) is 31.5 Å². The minimum atomic E-state index is 0.552. The van der Waals surface area contributed by atoms with Crippen molar-refractivity contribution in [3.8, 4) is 5.75 Å². The van der Waals surface area contributed by atoms with Crippen LogP contribution in [0.5, 0.6) is 5.75 Å². The van der Waals surface area contributed by atoms with Crippen molar-refractivity contribution in [2.75, 3.05) is 12.0 Å². The summed E-state index contributed by atoms with van der Waals surface area (Å²) >= 11 is 0. The van der Waals surface area contributed by atoms with Crippen molar-refractivity contribution in [3.63, 3.8) is 0 Å². The van der Waals surface area contributed by atoms with Crippen molar-refractivity contribution < 1.29 is 4.74 Å². The van der Waals surface area contributed by atoms with E-state index >= 15 is 0 Å². The Labute approximate surface area is 126 Å². The number of ether oxygens (including phenoxy) is 1. The minimum Gasteiger partial charge on any atom is -0.487 e. The first-order valence-electron chi connectivity index (χ1n) is 6.98. The van der Waals surface area contributed by atoms with E-state index in [0.717, 1.165) is 17.0 Å². The van der Waals surface area contributed by atoms with Gasteiger partial charge in [-0.15, -0.1) is 0 Å². The van der Waals surface area contributed by atoms with Gasteiger partial charge in [0.25, 0.3) is 0 Å². The molecule has 0 heterocycles. The molecule has 1 N–H and O–H groups in total. The third-order valence-electron chi connectivity index (χ3n) is 2.93. The Kier molecular flexibility index (Phi) is 5.59. The highest BCUT2D eigenvalue weighted by molar-refractivity contribution is 5.80. The predicted octanol–water partition coefficient (Wildman–Crippen LogP) is 4.40. The molecule has 0 aliphatic rings. The molecule has 3 nitrogen and oxygen atoms in total. The predicted molar refractivity (Wildman–Crippen MR) is 89.1 cm³/mol. The lowest BCUT2D eigenvalue weighted by Crippen LogP contribution is -1.98. The lowest BCUT2D eigenvalue weighted by molar-refractivity contribution is 0.364. The van der Waals surface area contributed by atoms with Gasteiger partial charge in [0.1, 0.15) is 12.4 Å². The Hall–Kier alpha value is -2.55. The molecule has 0 radical (unpaired) electrons. The number of nitrogens with zero attached hydrogens (tertiary/aromatic N) is 1. The van der Waals surface area contributed by atoms with Crippen LogP contribution in [0.4, 0.5) is 5.69 Å². The van der Waals surface area contributed by atoms with E-state index in [1.807, 2.05) is 55.5 Å². The molecule has 2 aromatic carbocycles. The van der Waals surface area contributed by atoms with E-state index in [2.05, 4.69) is 29.6 Å². The van der Waals surface area contributed by atoms with Crippen LogP contribution in [0.2, 0.25) is 0 Å². The summed E-state index contributed by atoms with van der Waals surface area (Å²) in [6, 6.07) is 16.0. The van der Waals surface area contributed by atoms with Crippen LogP contribution in [0.25, 0.3) is 0 Å². The molecule has 0 spiro atoms. The average molecular weight is 280 g/mol. The molecule has 0 saturated carbocycles. The lowest BCUT2D eigenvalue weighted by Gasteiger charge is -2.08. The standard InChI is InChI=1S/C18H20N2O/c1-3-4-13-21-18-8-6-5-7-17(18)20-19-14-16-11-9-15(2)10-12-16/h3-12,14,20H,13H2,1-2H3/b4-3+,19-14-. The third-order valence-corrected chi connectivity index (χ3v) is 2.93. The molecule has 21 heavy (non-hydrogen) atoms. The van der Waals surface area contributed by atoms with Crippen molar-refractivity contribution in [3.05, 3.63) is 71.8 Å². The molecule has 0 fully saturated rings. The van der Waals surface area contributed by atoms with Gasteiger partial charge in [0.2, 0.25) is 0 Å². The highest BCUT2D eigenvalue weighted by Gasteiger charge is 2.00. The van der Waals surface area contributed by atoms with Gasteiger partial charge in [0.05, 0.1) is 11.9 Å². The Morgan fingerprint density at radius 3 is 2.62 bits per heavy atom. The molecule has 0 atom stereocenters. The SMILES string of the molecule is C/C=C/COc1ccccc1N/N=C\c1ccc(C)cc1. The summed E-state index contributed by atoms with van der Waals surface area (Å²) in [6.07, 6.45) is 5.72. The first-order chi connectivity index (χ1) is 10.3. The lowest BCUT2D eigenvalue weighted by atomic mass is 10.2. The Morgan fingerprint density at radius 2 is 1.86 bits per heavy atom. The summed E-state index contributed by atoms with van der Waals surface area (Å²) in [7, 11) is 0. The fourth-order valence-corrected chi connectivity index (χ4v) is 1.75. The monoisotopic (exact) mass is 280 g/mol. The van der Waals surface area contributed by atoms with Crippen LogP contribution in [0.15, 0.2) is 65.8 Å². The molecule has 0 bridgehead atoms. The van der Waals surface area contributed by atoms with Crippen molar-refractivity contribution in [2.24, 2.45) is 5.10 Å². The van der Waals surface area contributed by atoms with Gasteiger partial charge < -0.3 is 4.74 Å². The molecule has 0 aliphatic carbocycles. The normalized spacial score (nSPS) is 11.1. The Morgan fingerprint density at radius 1 is 1.10 bits per heavy atom. The molecule has 0 amide bonds. The summed E-state index contributed by atoms with van der Waals surface area (Å²) in [6.45, 7) is 4.59. The number of nitrogens with one attached hydrogen (secondary N) is 1. The Bertz CT molecular complexity index is 615. The number of benzene rings is 2. The van der Waals surface area contributed by atoms with Crippen LogP contribution < -0.4 is 10.2 Å².